The number of amides is 2. The summed E-state index contributed by atoms with van der Waals surface area (Å²) in [4.78, 5) is 14.9. The van der Waals surface area contributed by atoms with Gasteiger partial charge in [0.1, 0.15) is 0 Å². The lowest BCUT2D eigenvalue weighted by Gasteiger charge is -2.27. The second kappa shape index (κ2) is 7.93. The van der Waals surface area contributed by atoms with Crippen LogP contribution in [0.3, 0.4) is 0 Å². The van der Waals surface area contributed by atoms with Crippen molar-refractivity contribution >= 4 is 6.03 Å². The van der Waals surface area contributed by atoms with Crippen molar-refractivity contribution in [2.24, 2.45) is 7.05 Å². The van der Waals surface area contributed by atoms with Crippen molar-refractivity contribution in [1.82, 2.24) is 14.8 Å². The van der Waals surface area contributed by atoms with Crippen molar-refractivity contribution < 1.29 is 4.79 Å². The number of benzene rings is 2. The highest BCUT2D eigenvalue weighted by Gasteiger charge is 2.31. The van der Waals surface area contributed by atoms with Gasteiger partial charge in [0, 0.05) is 25.5 Å². The summed E-state index contributed by atoms with van der Waals surface area (Å²) in [5, 5.41) is 3.19. The van der Waals surface area contributed by atoms with Gasteiger partial charge in [0.15, 0.2) is 0 Å². The van der Waals surface area contributed by atoms with Crippen LogP contribution in [0.1, 0.15) is 43.1 Å². The monoisotopic (exact) mass is 373 g/mol. The number of aromatic nitrogens is 1. The molecule has 1 fully saturated rings. The minimum Gasteiger partial charge on any atom is -0.353 e. The average Bonchev–Trinajstić information content (AvgIpc) is 3.37. The lowest BCUT2D eigenvalue weighted by atomic mass is 10.0. The number of nitrogens with zero attached hydrogens (tertiary/aromatic N) is 2. The highest BCUT2D eigenvalue weighted by Crippen LogP contribution is 2.32. The van der Waals surface area contributed by atoms with Crippen molar-refractivity contribution in [3.63, 3.8) is 0 Å². The van der Waals surface area contributed by atoms with Gasteiger partial charge in [-0.15, -0.1) is 0 Å². The molecule has 0 radical (unpaired) electrons. The van der Waals surface area contributed by atoms with Crippen LogP contribution < -0.4 is 5.32 Å². The van der Waals surface area contributed by atoms with E-state index in [-0.39, 0.29) is 18.1 Å². The fourth-order valence-corrected chi connectivity index (χ4v) is 4.08. The van der Waals surface area contributed by atoms with E-state index in [4.69, 9.17) is 0 Å². The van der Waals surface area contributed by atoms with Crippen LogP contribution in [0.5, 0.6) is 0 Å². The third-order valence-electron chi connectivity index (χ3n) is 5.70. The number of hydrogen-bond acceptors (Lipinski definition) is 1. The number of nitrogens with one attached hydrogen (secondary N) is 1. The topological polar surface area (TPSA) is 37.3 Å². The maximum absolute atomic E-state index is 12.9. The van der Waals surface area contributed by atoms with Gasteiger partial charge in [-0.2, -0.15) is 0 Å². The van der Waals surface area contributed by atoms with Gasteiger partial charge in [-0.3, -0.25) is 0 Å². The third-order valence-corrected chi connectivity index (χ3v) is 5.70. The van der Waals surface area contributed by atoms with E-state index in [1.54, 1.807) is 0 Å². The van der Waals surface area contributed by atoms with Crippen LogP contribution >= 0.6 is 0 Å². The first-order valence-electron chi connectivity index (χ1n) is 9.97. The largest absolute Gasteiger partial charge is 0.353 e. The molecule has 1 aliphatic rings. The Kier molecular flexibility index (Phi) is 5.20. The Bertz CT molecular complexity index is 930. The molecule has 1 N–H and O–H groups in total. The number of carbonyl (C=O) groups is 1. The van der Waals surface area contributed by atoms with E-state index in [1.807, 2.05) is 49.3 Å². The second-order valence-corrected chi connectivity index (χ2v) is 7.55. The summed E-state index contributed by atoms with van der Waals surface area (Å²) < 4.78 is 2.11. The SMILES string of the molecule is CC(NC(=O)N1CCCC1c1cccn1C)c1ccc(-c2ccccc2)cc1. The highest BCUT2D eigenvalue weighted by molar-refractivity contribution is 5.75. The van der Waals surface area contributed by atoms with Crippen molar-refractivity contribution in [2.45, 2.75) is 31.8 Å². The number of urea groups is 1. The molecule has 4 rings (SSSR count). The Labute approximate surface area is 166 Å². The average molecular weight is 374 g/mol. The van der Waals surface area contributed by atoms with E-state index >= 15 is 0 Å². The van der Waals surface area contributed by atoms with E-state index in [9.17, 15) is 4.79 Å². The molecule has 0 spiro atoms. The number of rotatable bonds is 4. The second-order valence-electron chi connectivity index (χ2n) is 7.55. The van der Waals surface area contributed by atoms with E-state index in [2.05, 4.69) is 52.3 Å². The molecule has 2 amide bonds. The summed E-state index contributed by atoms with van der Waals surface area (Å²) in [6, 6.07) is 23.1. The molecule has 2 heterocycles. The molecule has 2 aromatic carbocycles. The van der Waals surface area contributed by atoms with Crippen molar-refractivity contribution in [1.29, 1.82) is 0 Å². The quantitative estimate of drug-likeness (QED) is 0.662. The summed E-state index contributed by atoms with van der Waals surface area (Å²) in [5.41, 5.74) is 4.70. The molecule has 0 bridgehead atoms. The van der Waals surface area contributed by atoms with E-state index in [0.717, 1.165) is 24.9 Å². The molecule has 0 saturated carbocycles. The normalized spacial score (nSPS) is 17.5. The number of likely N-dealkylation sites (tertiary alicyclic amines) is 1. The zero-order valence-corrected chi connectivity index (χ0v) is 16.5. The Morgan fingerprint density at radius 3 is 2.39 bits per heavy atom. The van der Waals surface area contributed by atoms with Crippen molar-refractivity contribution in [2.75, 3.05) is 6.54 Å². The van der Waals surface area contributed by atoms with Crippen molar-refractivity contribution in [3.05, 3.63) is 84.2 Å². The molecule has 2 atom stereocenters. The molecule has 1 aliphatic heterocycles. The minimum absolute atomic E-state index is 0.0170. The standard InChI is InChI=1S/C24H27N3O/c1-18(19-12-14-21(15-13-19)20-8-4-3-5-9-20)25-24(28)27-17-7-11-23(27)22-10-6-16-26(22)2/h3-6,8-10,12-16,18,23H,7,11,17H2,1-2H3,(H,25,28). The molecule has 1 saturated heterocycles. The lowest BCUT2D eigenvalue weighted by molar-refractivity contribution is 0.188. The first kappa shape index (κ1) is 18.4. The molecule has 28 heavy (non-hydrogen) atoms. The van der Waals surface area contributed by atoms with E-state index < -0.39 is 0 Å². The molecular formula is C24H27N3O. The smallest absolute Gasteiger partial charge is 0.318 e. The number of aryl methyl sites for hydroxylation is 1. The van der Waals surface area contributed by atoms with Crippen LogP contribution in [0.25, 0.3) is 11.1 Å². The molecule has 2 unspecified atom stereocenters. The van der Waals surface area contributed by atoms with Gasteiger partial charge < -0.3 is 14.8 Å². The van der Waals surface area contributed by atoms with Gasteiger partial charge in [0.25, 0.3) is 0 Å². The first-order chi connectivity index (χ1) is 13.6. The van der Waals surface area contributed by atoms with Gasteiger partial charge in [-0.1, -0.05) is 54.6 Å². The Balaban J connectivity index is 1.43. The van der Waals surface area contributed by atoms with Crippen LogP contribution in [0.15, 0.2) is 72.9 Å². The maximum atomic E-state index is 12.9. The van der Waals surface area contributed by atoms with Crippen LogP contribution in [-0.4, -0.2) is 22.0 Å². The number of carbonyl (C=O) groups excluding carboxylic acids is 1. The summed E-state index contributed by atoms with van der Waals surface area (Å²) in [5.74, 6) is 0. The van der Waals surface area contributed by atoms with Gasteiger partial charge in [0.2, 0.25) is 0 Å². The summed E-state index contributed by atoms with van der Waals surface area (Å²) >= 11 is 0. The van der Waals surface area contributed by atoms with Gasteiger partial charge in [-0.25, -0.2) is 4.79 Å². The highest BCUT2D eigenvalue weighted by atomic mass is 16.2. The van der Waals surface area contributed by atoms with Crippen LogP contribution in [-0.2, 0) is 7.05 Å². The van der Waals surface area contributed by atoms with Crippen LogP contribution in [0.2, 0.25) is 0 Å². The predicted octanol–water partition coefficient (Wildman–Crippen LogP) is 5.30. The van der Waals surface area contributed by atoms with Crippen LogP contribution in [0.4, 0.5) is 4.79 Å². The fraction of sp³-hybridized carbons (Fsp3) is 0.292. The third kappa shape index (κ3) is 3.68. The predicted molar refractivity (Wildman–Crippen MR) is 113 cm³/mol. The van der Waals surface area contributed by atoms with Crippen molar-refractivity contribution in [3.8, 4) is 11.1 Å². The van der Waals surface area contributed by atoms with E-state index in [1.165, 1.54) is 16.8 Å². The molecule has 4 heteroatoms. The van der Waals surface area contributed by atoms with Gasteiger partial charge in [-0.05, 0) is 48.6 Å². The molecular weight excluding hydrogens is 346 g/mol. The zero-order valence-electron chi connectivity index (χ0n) is 16.5. The Hall–Kier alpha value is -3.01. The van der Waals surface area contributed by atoms with Crippen LogP contribution in [0, 0.1) is 0 Å². The summed E-state index contributed by atoms with van der Waals surface area (Å²) in [6.07, 6.45) is 4.11. The van der Waals surface area contributed by atoms with Gasteiger partial charge >= 0.3 is 6.03 Å². The molecule has 4 nitrogen and oxygen atoms in total. The minimum atomic E-state index is -0.0352. The molecule has 0 aliphatic carbocycles. The fourth-order valence-electron chi connectivity index (χ4n) is 4.08. The number of hydrogen-bond donors (Lipinski definition) is 1. The zero-order chi connectivity index (χ0) is 19.5. The van der Waals surface area contributed by atoms with Gasteiger partial charge in [0.05, 0.1) is 12.1 Å². The molecule has 3 aromatic rings. The summed E-state index contributed by atoms with van der Waals surface area (Å²) in [6.45, 7) is 2.85. The Morgan fingerprint density at radius 2 is 1.71 bits per heavy atom. The summed E-state index contributed by atoms with van der Waals surface area (Å²) in [7, 11) is 2.04. The first-order valence-corrected chi connectivity index (χ1v) is 9.97. The maximum Gasteiger partial charge on any atom is 0.318 e. The lowest BCUT2D eigenvalue weighted by Crippen LogP contribution is -2.41. The molecule has 144 valence electrons. The van der Waals surface area contributed by atoms with E-state index in [0.29, 0.717) is 0 Å². The Morgan fingerprint density at radius 1 is 1.00 bits per heavy atom. The molecule has 1 aromatic heterocycles.